The zero-order valence-electron chi connectivity index (χ0n) is 11.8. The molecule has 0 aliphatic carbocycles. The van der Waals surface area contributed by atoms with Gasteiger partial charge in [0.25, 0.3) is 0 Å². The normalized spacial score (nSPS) is 14.2. The van der Waals surface area contributed by atoms with Crippen molar-refractivity contribution in [3.63, 3.8) is 0 Å². The van der Waals surface area contributed by atoms with Crippen LogP contribution in [0.15, 0.2) is 29.2 Å². The van der Waals surface area contributed by atoms with Gasteiger partial charge in [-0.2, -0.15) is 0 Å². The largest absolute Gasteiger partial charge is 0.351 e. The predicted octanol–water partition coefficient (Wildman–Crippen LogP) is 2.31. The van der Waals surface area contributed by atoms with Crippen molar-refractivity contribution >= 4 is 17.4 Å². The molecule has 8 heteroatoms. The van der Waals surface area contributed by atoms with Gasteiger partial charge < -0.3 is 14.8 Å². The summed E-state index contributed by atoms with van der Waals surface area (Å²) in [6.07, 6.45) is 1.12. The number of nitrogens with two attached hydrogens (primary N) is 1. The summed E-state index contributed by atoms with van der Waals surface area (Å²) in [5.74, 6) is -0.948. The Morgan fingerprint density at radius 1 is 1.15 bits per heavy atom. The highest BCUT2D eigenvalue weighted by Crippen LogP contribution is 2.58. The van der Waals surface area contributed by atoms with E-state index in [2.05, 4.69) is 0 Å². The molecule has 1 rings (SSSR count). The third kappa shape index (κ3) is 4.14. The van der Waals surface area contributed by atoms with Gasteiger partial charge in [-0.25, -0.2) is 8.42 Å². The molecule has 0 spiro atoms. The summed E-state index contributed by atoms with van der Waals surface area (Å²) in [5.41, 5.74) is 6.44. The molecule has 1 aromatic carbocycles. The zero-order valence-corrected chi connectivity index (χ0v) is 13.5. The maximum absolute atomic E-state index is 12.5. The van der Waals surface area contributed by atoms with E-state index >= 15 is 0 Å². The molecule has 0 unspecified atom stereocenters. The second-order valence-corrected chi connectivity index (χ2v) is 8.33. The van der Waals surface area contributed by atoms with Crippen molar-refractivity contribution in [1.82, 2.24) is 0 Å². The molecule has 114 valence electrons. The van der Waals surface area contributed by atoms with Crippen molar-refractivity contribution in [2.75, 3.05) is 19.5 Å². The van der Waals surface area contributed by atoms with E-state index in [-0.39, 0.29) is 18.1 Å². The summed E-state index contributed by atoms with van der Waals surface area (Å²) < 4.78 is 45.6. The molecular formula is C12H20NO5PS. The van der Waals surface area contributed by atoms with Crippen LogP contribution in [0.2, 0.25) is 0 Å². The molecule has 1 aromatic rings. The Labute approximate surface area is 119 Å². The highest BCUT2D eigenvalue weighted by atomic mass is 32.2. The summed E-state index contributed by atoms with van der Waals surface area (Å²) in [5, 5.41) is 0. The second-order valence-electron chi connectivity index (χ2n) is 4.16. The molecular weight excluding hydrogens is 301 g/mol. The summed E-state index contributed by atoms with van der Waals surface area (Å²) in [6.45, 7) is 3.83. The van der Waals surface area contributed by atoms with Crippen LogP contribution in [-0.2, 0) is 23.4 Å². The Balaban J connectivity index is 3.07. The van der Waals surface area contributed by atoms with Crippen LogP contribution in [0, 0.1) is 0 Å². The monoisotopic (exact) mass is 321 g/mol. The first kappa shape index (κ1) is 17.3. The van der Waals surface area contributed by atoms with Crippen molar-refractivity contribution in [2.45, 2.75) is 24.5 Å². The van der Waals surface area contributed by atoms with Gasteiger partial charge in [0.2, 0.25) is 0 Å². The third-order valence-electron chi connectivity index (χ3n) is 2.61. The first-order chi connectivity index (χ1) is 9.24. The molecule has 0 amide bonds. The molecule has 0 aromatic heterocycles. The molecule has 0 radical (unpaired) electrons. The first-order valence-electron chi connectivity index (χ1n) is 6.19. The number of hydrogen-bond donors (Lipinski definition) is 1. The Bertz CT molecular complexity index is 574. The summed E-state index contributed by atoms with van der Waals surface area (Å²) in [4.78, 5) is 0.177. The molecule has 6 nitrogen and oxygen atoms in total. The lowest BCUT2D eigenvalue weighted by Gasteiger charge is -2.23. The molecule has 0 saturated carbocycles. The van der Waals surface area contributed by atoms with Gasteiger partial charge in [0.15, 0.2) is 9.84 Å². The van der Waals surface area contributed by atoms with Gasteiger partial charge in [-0.3, -0.25) is 4.57 Å². The van der Waals surface area contributed by atoms with Crippen LogP contribution < -0.4 is 5.73 Å². The van der Waals surface area contributed by atoms with Gasteiger partial charge in [0.05, 0.1) is 18.1 Å². The van der Waals surface area contributed by atoms with Gasteiger partial charge in [-0.15, -0.1) is 0 Å². The number of benzene rings is 1. The molecule has 0 saturated heterocycles. The average molecular weight is 321 g/mol. The van der Waals surface area contributed by atoms with Gasteiger partial charge in [-0.1, -0.05) is 12.1 Å². The lowest BCUT2D eigenvalue weighted by molar-refractivity contribution is 0.212. The van der Waals surface area contributed by atoms with Crippen LogP contribution in [0.1, 0.15) is 25.2 Å². The zero-order chi connectivity index (χ0) is 15.4. The van der Waals surface area contributed by atoms with Crippen molar-refractivity contribution in [2.24, 2.45) is 5.73 Å². The van der Waals surface area contributed by atoms with E-state index in [0.717, 1.165) is 6.26 Å². The molecule has 0 heterocycles. The quantitative estimate of drug-likeness (QED) is 0.774. The van der Waals surface area contributed by atoms with E-state index in [9.17, 15) is 13.0 Å². The highest BCUT2D eigenvalue weighted by Gasteiger charge is 2.33. The molecule has 0 bridgehead atoms. The van der Waals surface area contributed by atoms with Crippen molar-refractivity contribution in [3.8, 4) is 0 Å². The fraction of sp³-hybridized carbons (Fsp3) is 0.500. The van der Waals surface area contributed by atoms with Gasteiger partial charge in [0, 0.05) is 6.26 Å². The van der Waals surface area contributed by atoms with Crippen LogP contribution in [0.3, 0.4) is 0 Å². The minimum Gasteiger partial charge on any atom is -0.314 e. The molecule has 0 aliphatic rings. The Kier molecular flexibility index (Phi) is 5.91. The molecule has 2 N–H and O–H groups in total. The fourth-order valence-electron chi connectivity index (χ4n) is 1.65. The SMILES string of the molecule is CCOP(=O)(OCC)[C@@H](N)c1ccc(S(C)(=O)=O)cc1. The fourth-order valence-corrected chi connectivity index (χ4v) is 3.94. The minimum absolute atomic E-state index is 0.177. The number of rotatable bonds is 7. The summed E-state index contributed by atoms with van der Waals surface area (Å²) in [7, 11) is -6.73. The van der Waals surface area contributed by atoms with Crippen LogP contribution in [0.5, 0.6) is 0 Å². The first-order valence-corrected chi connectivity index (χ1v) is 9.69. The Hall–Kier alpha value is -0.720. The second kappa shape index (κ2) is 6.83. The predicted molar refractivity (Wildman–Crippen MR) is 77.3 cm³/mol. The summed E-state index contributed by atoms with van der Waals surface area (Å²) >= 11 is 0. The molecule has 0 fully saturated rings. The third-order valence-corrected chi connectivity index (χ3v) is 5.95. The van der Waals surface area contributed by atoms with Crippen LogP contribution in [-0.4, -0.2) is 27.9 Å². The van der Waals surface area contributed by atoms with E-state index in [4.69, 9.17) is 14.8 Å². The maximum atomic E-state index is 12.5. The summed E-state index contributed by atoms with van der Waals surface area (Å²) in [6, 6.07) is 5.89. The van der Waals surface area contributed by atoms with E-state index in [1.807, 2.05) is 0 Å². The Morgan fingerprint density at radius 2 is 1.60 bits per heavy atom. The van der Waals surface area contributed by atoms with Gasteiger partial charge >= 0.3 is 7.60 Å². The van der Waals surface area contributed by atoms with Crippen LogP contribution in [0.4, 0.5) is 0 Å². The van der Waals surface area contributed by atoms with E-state index in [0.29, 0.717) is 5.56 Å². The van der Waals surface area contributed by atoms with Crippen molar-refractivity contribution in [1.29, 1.82) is 0 Å². The van der Waals surface area contributed by atoms with Crippen molar-refractivity contribution < 1.29 is 22.0 Å². The van der Waals surface area contributed by atoms with Crippen LogP contribution >= 0.6 is 7.60 Å². The molecule has 0 aliphatic heterocycles. The van der Waals surface area contributed by atoms with Crippen LogP contribution in [0.25, 0.3) is 0 Å². The number of hydrogen-bond acceptors (Lipinski definition) is 6. The lowest BCUT2D eigenvalue weighted by atomic mass is 10.2. The Morgan fingerprint density at radius 3 is 1.95 bits per heavy atom. The van der Waals surface area contributed by atoms with E-state index in [1.165, 1.54) is 24.3 Å². The molecule has 1 atom stereocenters. The van der Waals surface area contributed by atoms with Crippen molar-refractivity contribution in [3.05, 3.63) is 29.8 Å². The average Bonchev–Trinajstić information content (AvgIpc) is 2.37. The van der Waals surface area contributed by atoms with E-state index < -0.39 is 23.2 Å². The standard InChI is InChI=1S/C12H20NO5PS/c1-4-17-19(14,18-5-2)12(13)10-6-8-11(9-7-10)20(3,15)16/h6-9,12H,4-5,13H2,1-3H3/t12-/m1/s1. The smallest absolute Gasteiger partial charge is 0.314 e. The maximum Gasteiger partial charge on any atom is 0.351 e. The lowest BCUT2D eigenvalue weighted by Crippen LogP contribution is -2.15. The molecule has 20 heavy (non-hydrogen) atoms. The van der Waals surface area contributed by atoms with Gasteiger partial charge in [0.1, 0.15) is 5.78 Å². The minimum atomic E-state index is -3.46. The highest BCUT2D eigenvalue weighted by molar-refractivity contribution is 7.90. The van der Waals surface area contributed by atoms with E-state index in [1.54, 1.807) is 13.8 Å². The topological polar surface area (TPSA) is 95.7 Å². The number of sulfone groups is 1. The van der Waals surface area contributed by atoms with Gasteiger partial charge in [-0.05, 0) is 31.5 Å².